The minimum absolute atomic E-state index is 0.568. The highest BCUT2D eigenvalue weighted by atomic mass is 35.5. The van der Waals surface area contributed by atoms with Crippen molar-refractivity contribution in [3.63, 3.8) is 0 Å². The minimum atomic E-state index is 0.568. The summed E-state index contributed by atoms with van der Waals surface area (Å²) in [5, 5.41) is 0.568. The monoisotopic (exact) mass is 217 g/mol. The van der Waals surface area contributed by atoms with Gasteiger partial charge < -0.3 is 0 Å². The molecule has 0 saturated carbocycles. The zero-order chi connectivity index (χ0) is 10.8. The molecule has 1 aromatic carbocycles. The van der Waals surface area contributed by atoms with Gasteiger partial charge in [0.05, 0.1) is 0 Å². The highest BCUT2D eigenvalue weighted by Crippen LogP contribution is 2.29. The lowest BCUT2D eigenvalue weighted by atomic mass is 10.0. The molecule has 0 bridgehead atoms. The first kappa shape index (κ1) is 10.2. The van der Waals surface area contributed by atoms with Crippen LogP contribution in [0.15, 0.2) is 36.5 Å². The van der Waals surface area contributed by atoms with E-state index in [0.29, 0.717) is 5.15 Å². The van der Waals surface area contributed by atoms with E-state index in [1.54, 1.807) is 6.20 Å². The summed E-state index contributed by atoms with van der Waals surface area (Å²) in [6.45, 7) is 4.12. The van der Waals surface area contributed by atoms with Gasteiger partial charge in [-0.15, -0.1) is 0 Å². The summed E-state index contributed by atoms with van der Waals surface area (Å²) in [5.74, 6) is 0. The van der Waals surface area contributed by atoms with Crippen LogP contribution in [-0.2, 0) is 0 Å². The van der Waals surface area contributed by atoms with Gasteiger partial charge in [0.1, 0.15) is 5.15 Å². The third-order valence-electron chi connectivity index (χ3n) is 2.45. The van der Waals surface area contributed by atoms with Gasteiger partial charge in [0.2, 0.25) is 0 Å². The molecule has 0 aliphatic carbocycles. The Morgan fingerprint density at radius 1 is 1.00 bits per heavy atom. The molecule has 2 heteroatoms. The van der Waals surface area contributed by atoms with Crippen molar-refractivity contribution in [3.8, 4) is 11.1 Å². The van der Waals surface area contributed by atoms with E-state index in [-0.39, 0.29) is 0 Å². The van der Waals surface area contributed by atoms with Gasteiger partial charge in [0.15, 0.2) is 0 Å². The number of hydrogen-bond donors (Lipinski definition) is 0. The molecule has 2 rings (SSSR count). The van der Waals surface area contributed by atoms with Crippen molar-refractivity contribution >= 4 is 11.6 Å². The molecule has 2 aromatic rings. The van der Waals surface area contributed by atoms with Gasteiger partial charge in [-0.25, -0.2) is 4.98 Å². The second-order valence-electron chi connectivity index (χ2n) is 3.66. The molecule has 1 heterocycles. The maximum atomic E-state index is 6.09. The zero-order valence-electron chi connectivity index (χ0n) is 8.79. The first-order valence-electron chi connectivity index (χ1n) is 4.86. The van der Waals surface area contributed by atoms with Gasteiger partial charge in [-0.3, -0.25) is 0 Å². The normalized spacial score (nSPS) is 10.3. The number of halogens is 1. The highest BCUT2D eigenvalue weighted by Gasteiger charge is 2.06. The van der Waals surface area contributed by atoms with Crippen LogP contribution in [0, 0.1) is 13.8 Å². The first-order chi connectivity index (χ1) is 7.18. The molecule has 0 saturated heterocycles. The van der Waals surface area contributed by atoms with Gasteiger partial charge in [0, 0.05) is 11.8 Å². The molecule has 0 unspecified atom stereocenters. The number of benzene rings is 1. The van der Waals surface area contributed by atoms with Crippen LogP contribution >= 0.6 is 11.6 Å². The number of hydrogen-bond acceptors (Lipinski definition) is 1. The lowest BCUT2D eigenvalue weighted by molar-refractivity contribution is 1.28. The Kier molecular flexibility index (Phi) is 2.74. The number of aryl methyl sites for hydroxylation is 2. The van der Waals surface area contributed by atoms with Crippen LogP contribution in [0.5, 0.6) is 0 Å². The van der Waals surface area contributed by atoms with Crippen LogP contribution in [-0.4, -0.2) is 4.98 Å². The van der Waals surface area contributed by atoms with Gasteiger partial charge >= 0.3 is 0 Å². The molecule has 15 heavy (non-hydrogen) atoms. The van der Waals surface area contributed by atoms with E-state index < -0.39 is 0 Å². The molecule has 0 aliphatic rings. The van der Waals surface area contributed by atoms with Crippen molar-refractivity contribution < 1.29 is 0 Å². The largest absolute Gasteiger partial charge is 0.244 e. The van der Waals surface area contributed by atoms with Crippen molar-refractivity contribution in [1.29, 1.82) is 0 Å². The Balaban J connectivity index is 2.58. The Labute approximate surface area is 94.7 Å². The predicted octanol–water partition coefficient (Wildman–Crippen LogP) is 4.02. The molecule has 0 aliphatic heterocycles. The highest BCUT2D eigenvalue weighted by molar-refractivity contribution is 6.32. The summed E-state index contributed by atoms with van der Waals surface area (Å²) in [4.78, 5) is 4.10. The maximum absolute atomic E-state index is 6.09. The molecule has 76 valence electrons. The predicted molar refractivity (Wildman–Crippen MR) is 64.2 cm³/mol. The summed E-state index contributed by atoms with van der Waals surface area (Å²) in [7, 11) is 0. The van der Waals surface area contributed by atoms with E-state index >= 15 is 0 Å². The Morgan fingerprint density at radius 2 is 1.67 bits per heavy atom. The number of nitrogens with zero attached hydrogens (tertiary/aromatic N) is 1. The summed E-state index contributed by atoms with van der Waals surface area (Å²) in [5.41, 5.74) is 4.55. The smallest absolute Gasteiger partial charge is 0.137 e. The Morgan fingerprint density at radius 3 is 2.27 bits per heavy atom. The topological polar surface area (TPSA) is 12.9 Å². The van der Waals surface area contributed by atoms with Crippen LogP contribution in [0.1, 0.15) is 11.1 Å². The molecule has 0 atom stereocenters. The Bertz CT molecular complexity index is 454. The zero-order valence-corrected chi connectivity index (χ0v) is 9.55. The van der Waals surface area contributed by atoms with E-state index in [2.05, 4.69) is 36.2 Å². The lowest BCUT2D eigenvalue weighted by Gasteiger charge is -2.07. The fourth-order valence-corrected chi connectivity index (χ4v) is 1.91. The van der Waals surface area contributed by atoms with E-state index in [0.717, 1.165) is 16.7 Å². The average molecular weight is 218 g/mol. The second-order valence-corrected chi connectivity index (χ2v) is 4.02. The molecule has 1 nitrogen and oxygen atoms in total. The molecular weight excluding hydrogens is 206 g/mol. The summed E-state index contributed by atoms with van der Waals surface area (Å²) >= 11 is 6.09. The molecule has 0 spiro atoms. The SMILES string of the molecule is Cc1ccc(-c2c(C)ccnc2Cl)cc1. The first-order valence-corrected chi connectivity index (χ1v) is 5.24. The summed E-state index contributed by atoms with van der Waals surface area (Å²) in [6.07, 6.45) is 1.73. The van der Waals surface area contributed by atoms with Crippen molar-refractivity contribution in [1.82, 2.24) is 4.98 Å². The van der Waals surface area contributed by atoms with Gasteiger partial charge in [-0.05, 0) is 31.0 Å². The lowest BCUT2D eigenvalue weighted by Crippen LogP contribution is -1.87. The Hall–Kier alpha value is -1.34. The quantitative estimate of drug-likeness (QED) is 0.658. The van der Waals surface area contributed by atoms with Gasteiger partial charge in [0.25, 0.3) is 0 Å². The van der Waals surface area contributed by atoms with E-state index in [4.69, 9.17) is 11.6 Å². The average Bonchev–Trinajstić information content (AvgIpc) is 2.20. The van der Waals surface area contributed by atoms with Crippen molar-refractivity contribution in [2.75, 3.05) is 0 Å². The fraction of sp³-hybridized carbons (Fsp3) is 0.154. The van der Waals surface area contributed by atoms with Crippen molar-refractivity contribution in [2.45, 2.75) is 13.8 Å². The number of rotatable bonds is 1. The fourth-order valence-electron chi connectivity index (χ4n) is 1.59. The molecule has 0 fully saturated rings. The second kappa shape index (κ2) is 4.03. The van der Waals surface area contributed by atoms with Crippen LogP contribution in [0.25, 0.3) is 11.1 Å². The molecular formula is C13H12ClN. The number of aromatic nitrogens is 1. The minimum Gasteiger partial charge on any atom is -0.244 e. The van der Waals surface area contributed by atoms with Crippen LogP contribution in [0.2, 0.25) is 5.15 Å². The van der Waals surface area contributed by atoms with Crippen LogP contribution < -0.4 is 0 Å². The van der Waals surface area contributed by atoms with E-state index in [1.165, 1.54) is 5.56 Å². The third kappa shape index (κ3) is 2.02. The van der Waals surface area contributed by atoms with Gasteiger partial charge in [-0.2, -0.15) is 0 Å². The maximum Gasteiger partial charge on any atom is 0.137 e. The van der Waals surface area contributed by atoms with E-state index in [9.17, 15) is 0 Å². The standard InChI is InChI=1S/C13H12ClN/c1-9-3-5-11(6-4-9)12-10(2)7-8-15-13(12)14/h3-8H,1-2H3. The molecule has 0 radical (unpaired) electrons. The van der Waals surface area contributed by atoms with E-state index in [1.807, 2.05) is 13.0 Å². The van der Waals surface area contributed by atoms with Crippen molar-refractivity contribution in [2.24, 2.45) is 0 Å². The molecule has 1 aromatic heterocycles. The summed E-state index contributed by atoms with van der Waals surface area (Å²) in [6, 6.07) is 10.3. The number of pyridine rings is 1. The molecule has 0 N–H and O–H groups in total. The summed E-state index contributed by atoms with van der Waals surface area (Å²) < 4.78 is 0. The third-order valence-corrected chi connectivity index (χ3v) is 2.74. The van der Waals surface area contributed by atoms with Gasteiger partial charge in [-0.1, -0.05) is 41.4 Å². The van der Waals surface area contributed by atoms with Crippen LogP contribution in [0.4, 0.5) is 0 Å². The molecule has 0 amide bonds. The van der Waals surface area contributed by atoms with Crippen LogP contribution in [0.3, 0.4) is 0 Å². The van der Waals surface area contributed by atoms with Crippen molar-refractivity contribution in [3.05, 3.63) is 52.8 Å².